The molecule has 0 radical (unpaired) electrons. The van der Waals surface area contributed by atoms with E-state index >= 15 is 0 Å². The molecule has 3 nitrogen and oxygen atoms in total. The number of ketones is 1. The summed E-state index contributed by atoms with van der Waals surface area (Å²) in [4.78, 5) is 14.6. The Bertz CT molecular complexity index is 466. The van der Waals surface area contributed by atoms with E-state index < -0.39 is 0 Å². The van der Waals surface area contributed by atoms with Crippen LogP contribution in [0.25, 0.3) is 0 Å². The van der Waals surface area contributed by atoms with E-state index in [4.69, 9.17) is 4.74 Å². The molecule has 0 spiro atoms. The van der Waals surface area contributed by atoms with E-state index in [9.17, 15) is 4.79 Å². The van der Waals surface area contributed by atoms with Crippen LogP contribution in [-0.2, 0) is 6.42 Å². The van der Waals surface area contributed by atoms with Crippen LogP contribution >= 0.6 is 0 Å². The van der Waals surface area contributed by atoms with Crippen molar-refractivity contribution in [1.82, 2.24) is 4.90 Å². The predicted molar refractivity (Wildman–Crippen MR) is 72.4 cm³/mol. The van der Waals surface area contributed by atoms with Gasteiger partial charge in [0.1, 0.15) is 5.75 Å². The van der Waals surface area contributed by atoms with Gasteiger partial charge in [-0.05, 0) is 45.5 Å². The summed E-state index contributed by atoms with van der Waals surface area (Å²) in [5.41, 5.74) is 3.06. The van der Waals surface area contributed by atoms with Crippen LogP contribution in [0.3, 0.4) is 0 Å². The van der Waals surface area contributed by atoms with E-state index in [1.807, 2.05) is 33.2 Å². The minimum Gasteiger partial charge on any atom is -0.496 e. The highest BCUT2D eigenvalue weighted by atomic mass is 16.5. The quantitative estimate of drug-likeness (QED) is 0.821. The fourth-order valence-electron chi connectivity index (χ4n) is 2.80. The molecule has 3 heteroatoms. The largest absolute Gasteiger partial charge is 0.496 e. The van der Waals surface area contributed by atoms with Crippen LogP contribution in [0.5, 0.6) is 5.75 Å². The monoisotopic (exact) mass is 247 g/mol. The van der Waals surface area contributed by atoms with Gasteiger partial charge in [-0.1, -0.05) is 6.07 Å². The van der Waals surface area contributed by atoms with Gasteiger partial charge in [-0.15, -0.1) is 0 Å². The Kier molecular flexibility index (Phi) is 3.71. The molecule has 98 valence electrons. The van der Waals surface area contributed by atoms with Crippen molar-refractivity contribution < 1.29 is 9.53 Å². The summed E-state index contributed by atoms with van der Waals surface area (Å²) < 4.78 is 5.37. The molecule has 2 rings (SSSR count). The van der Waals surface area contributed by atoms with Gasteiger partial charge in [0.05, 0.1) is 7.11 Å². The smallest absolute Gasteiger partial charge is 0.167 e. The van der Waals surface area contributed by atoms with Crippen LogP contribution in [0.15, 0.2) is 12.1 Å². The number of hydrogen-bond donors (Lipinski definition) is 0. The number of aryl methyl sites for hydroxylation is 1. The standard InChI is InChI=1S/C15H21NO2/c1-10-5-8-13(18-4)12-7-6-11(9-16(2)3)15(17)14(10)12/h5,8,11H,6-7,9H2,1-4H3. The molecule has 1 unspecified atom stereocenters. The third-order valence-electron chi connectivity index (χ3n) is 3.64. The Hall–Kier alpha value is -1.35. The molecule has 0 aromatic heterocycles. The van der Waals surface area contributed by atoms with Crippen molar-refractivity contribution in [3.05, 3.63) is 28.8 Å². The van der Waals surface area contributed by atoms with Crippen molar-refractivity contribution in [2.24, 2.45) is 5.92 Å². The summed E-state index contributed by atoms with van der Waals surface area (Å²) in [5.74, 6) is 1.26. The normalized spacial score (nSPS) is 18.9. The number of nitrogens with zero attached hydrogens (tertiary/aromatic N) is 1. The minimum absolute atomic E-state index is 0.123. The van der Waals surface area contributed by atoms with Gasteiger partial charge in [-0.2, -0.15) is 0 Å². The number of hydrogen-bond acceptors (Lipinski definition) is 3. The Morgan fingerprint density at radius 2 is 2.11 bits per heavy atom. The fourth-order valence-corrected chi connectivity index (χ4v) is 2.80. The number of ether oxygens (including phenoxy) is 1. The van der Waals surface area contributed by atoms with Crippen molar-refractivity contribution in [3.8, 4) is 5.75 Å². The number of fused-ring (bicyclic) bond motifs is 1. The fraction of sp³-hybridized carbons (Fsp3) is 0.533. The van der Waals surface area contributed by atoms with Crippen LogP contribution in [0.2, 0.25) is 0 Å². The lowest BCUT2D eigenvalue weighted by molar-refractivity contribution is 0.0875. The van der Waals surface area contributed by atoms with Gasteiger partial charge in [0.25, 0.3) is 0 Å². The van der Waals surface area contributed by atoms with Crippen LogP contribution < -0.4 is 4.74 Å². The zero-order valence-electron chi connectivity index (χ0n) is 11.6. The number of Topliss-reactive ketones (excluding diaryl/α,β-unsaturated/α-hetero) is 1. The summed E-state index contributed by atoms with van der Waals surface area (Å²) in [6.45, 7) is 2.84. The average Bonchev–Trinajstić information content (AvgIpc) is 2.32. The minimum atomic E-state index is 0.123. The molecule has 0 bridgehead atoms. The molecule has 1 aliphatic rings. The Morgan fingerprint density at radius 3 is 2.72 bits per heavy atom. The van der Waals surface area contributed by atoms with Crippen molar-refractivity contribution in [2.75, 3.05) is 27.7 Å². The van der Waals surface area contributed by atoms with Crippen LogP contribution in [0, 0.1) is 12.8 Å². The average molecular weight is 247 g/mol. The van der Waals surface area contributed by atoms with Gasteiger partial charge in [-0.3, -0.25) is 4.79 Å². The highest BCUT2D eigenvalue weighted by Gasteiger charge is 2.30. The van der Waals surface area contributed by atoms with Gasteiger partial charge >= 0.3 is 0 Å². The van der Waals surface area contributed by atoms with Gasteiger partial charge in [0, 0.05) is 23.6 Å². The summed E-state index contributed by atoms with van der Waals surface area (Å²) >= 11 is 0. The van der Waals surface area contributed by atoms with Crippen molar-refractivity contribution in [1.29, 1.82) is 0 Å². The third kappa shape index (κ3) is 2.27. The Balaban J connectivity index is 2.40. The second-order valence-electron chi connectivity index (χ2n) is 5.30. The Morgan fingerprint density at radius 1 is 1.39 bits per heavy atom. The van der Waals surface area contributed by atoms with E-state index in [0.29, 0.717) is 0 Å². The first-order valence-electron chi connectivity index (χ1n) is 6.40. The van der Waals surface area contributed by atoms with Gasteiger partial charge in [-0.25, -0.2) is 0 Å². The van der Waals surface area contributed by atoms with Crippen molar-refractivity contribution >= 4 is 5.78 Å². The summed E-state index contributed by atoms with van der Waals surface area (Å²) in [6.07, 6.45) is 1.86. The molecule has 0 N–H and O–H groups in total. The number of benzene rings is 1. The molecule has 1 aromatic carbocycles. The van der Waals surface area contributed by atoms with E-state index in [-0.39, 0.29) is 11.7 Å². The lowest BCUT2D eigenvalue weighted by Gasteiger charge is -2.28. The first-order chi connectivity index (χ1) is 8.54. The summed E-state index contributed by atoms with van der Waals surface area (Å²) in [5, 5.41) is 0. The molecule has 0 heterocycles. The predicted octanol–water partition coefficient (Wildman–Crippen LogP) is 2.31. The van der Waals surface area contributed by atoms with Crippen molar-refractivity contribution in [3.63, 3.8) is 0 Å². The van der Waals surface area contributed by atoms with E-state index in [1.54, 1.807) is 7.11 Å². The highest BCUT2D eigenvalue weighted by Crippen LogP contribution is 2.34. The molecule has 0 amide bonds. The van der Waals surface area contributed by atoms with E-state index in [2.05, 4.69) is 4.90 Å². The van der Waals surface area contributed by atoms with Crippen LogP contribution in [0.4, 0.5) is 0 Å². The van der Waals surface area contributed by atoms with E-state index in [0.717, 1.165) is 41.8 Å². The zero-order chi connectivity index (χ0) is 13.3. The van der Waals surface area contributed by atoms with Crippen LogP contribution in [-0.4, -0.2) is 38.4 Å². The SMILES string of the molecule is COc1ccc(C)c2c1CCC(CN(C)C)C2=O. The number of methoxy groups -OCH3 is 1. The number of carbonyl (C=O) groups excluding carboxylic acids is 1. The molecular weight excluding hydrogens is 226 g/mol. The molecule has 18 heavy (non-hydrogen) atoms. The summed E-state index contributed by atoms with van der Waals surface area (Å²) in [7, 11) is 5.70. The van der Waals surface area contributed by atoms with Crippen LogP contribution in [0.1, 0.15) is 27.9 Å². The topological polar surface area (TPSA) is 29.5 Å². The number of carbonyl (C=O) groups is 1. The second-order valence-corrected chi connectivity index (χ2v) is 5.30. The van der Waals surface area contributed by atoms with Gasteiger partial charge in [0.2, 0.25) is 0 Å². The second kappa shape index (κ2) is 5.11. The molecule has 0 fully saturated rings. The highest BCUT2D eigenvalue weighted by molar-refractivity contribution is 6.02. The maximum Gasteiger partial charge on any atom is 0.167 e. The number of rotatable bonds is 3. The molecule has 1 aromatic rings. The van der Waals surface area contributed by atoms with Crippen molar-refractivity contribution in [2.45, 2.75) is 19.8 Å². The zero-order valence-corrected chi connectivity index (χ0v) is 11.6. The molecule has 0 aliphatic heterocycles. The lowest BCUT2D eigenvalue weighted by atomic mass is 9.80. The van der Waals surface area contributed by atoms with Gasteiger partial charge < -0.3 is 9.64 Å². The molecule has 1 atom stereocenters. The molecule has 0 saturated heterocycles. The third-order valence-corrected chi connectivity index (χ3v) is 3.64. The molecular formula is C15H21NO2. The maximum absolute atomic E-state index is 12.6. The first kappa shape index (κ1) is 13.1. The maximum atomic E-state index is 12.6. The first-order valence-corrected chi connectivity index (χ1v) is 6.40. The Labute approximate surface area is 109 Å². The summed E-state index contributed by atoms with van der Waals surface area (Å²) in [6, 6.07) is 3.95. The van der Waals surface area contributed by atoms with E-state index in [1.165, 1.54) is 0 Å². The van der Waals surface area contributed by atoms with Gasteiger partial charge in [0.15, 0.2) is 5.78 Å². The molecule has 1 aliphatic carbocycles. The molecule has 0 saturated carbocycles. The lowest BCUT2D eigenvalue weighted by Crippen LogP contribution is -2.32.